The van der Waals surface area contributed by atoms with Gasteiger partial charge >= 0.3 is 0 Å². The fourth-order valence-corrected chi connectivity index (χ4v) is 4.90. The molecule has 1 N–H and O–H groups in total. The lowest BCUT2D eigenvalue weighted by Gasteiger charge is -2.32. The van der Waals surface area contributed by atoms with E-state index in [1.54, 1.807) is 4.57 Å². The molecule has 1 aromatic heterocycles. The van der Waals surface area contributed by atoms with Crippen LogP contribution in [-0.2, 0) is 17.9 Å². The lowest BCUT2D eigenvalue weighted by Crippen LogP contribution is -2.45. The number of rotatable bonds is 8. The van der Waals surface area contributed by atoms with E-state index in [1.165, 1.54) is 0 Å². The number of benzene rings is 3. The van der Waals surface area contributed by atoms with E-state index < -0.39 is 0 Å². The molecular weight excluding hydrogens is 464 g/mol. The molecule has 0 bridgehead atoms. The molecule has 5 rings (SSSR count). The minimum atomic E-state index is -0.202. The van der Waals surface area contributed by atoms with Crippen molar-refractivity contribution in [1.82, 2.24) is 14.9 Å². The Balaban J connectivity index is 1.33. The highest BCUT2D eigenvalue weighted by Crippen LogP contribution is 2.23. The van der Waals surface area contributed by atoms with Gasteiger partial charge in [-0.05, 0) is 55.2 Å². The Morgan fingerprint density at radius 2 is 1.76 bits per heavy atom. The summed E-state index contributed by atoms with van der Waals surface area (Å²) in [4.78, 5) is 33.5. The molecule has 37 heavy (non-hydrogen) atoms. The molecule has 190 valence electrons. The largest absolute Gasteiger partial charge is 0.494 e. The van der Waals surface area contributed by atoms with E-state index in [1.807, 2.05) is 90.7 Å². The van der Waals surface area contributed by atoms with Crippen LogP contribution in [0, 0.1) is 5.92 Å². The van der Waals surface area contributed by atoms with Crippen molar-refractivity contribution in [1.29, 1.82) is 0 Å². The maximum absolute atomic E-state index is 13.7. The number of piperidine rings is 1. The highest BCUT2D eigenvalue weighted by Gasteiger charge is 2.28. The van der Waals surface area contributed by atoms with E-state index in [4.69, 9.17) is 9.72 Å². The van der Waals surface area contributed by atoms with Gasteiger partial charge in [-0.15, -0.1) is 0 Å². The molecule has 0 aliphatic carbocycles. The van der Waals surface area contributed by atoms with Crippen LogP contribution in [-0.4, -0.2) is 35.2 Å². The van der Waals surface area contributed by atoms with Crippen molar-refractivity contribution in [2.24, 2.45) is 5.92 Å². The third kappa shape index (κ3) is 5.66. The van der Waals surface area contributed by atoms with Gasteiger partial charge in [-0.2, -0.15) is 0 Å². The summed E-state index contributed by atoms with van der Waals surface area (Å²) in [7, 11) is 0. The highest BCUT2D eigenvalue weighted by atomic mass is 16.5. The van der Waals surface area contributed by atoms with E-state index >= 15 is 0 Å². The Bertz CT molecular complexity index is 1420. The average Bonchev–Trinajstić information content (AvgIpc) is 2.94. The monoisotopic (exact) mass is 496 g/mol. The second kappa shape index (κ2) is 11.3. The third-order valence-electron chi connectivity index (χ3n) is 6.81. The maximum Gasteiger partial charge on any atom is 0.294 e. The molecule has 1 aliphatic heterocycles. The molecule has 4 aromatic rings. The van der Waals surface area contributed by atoms with Gasteiger partial charge in [-0.1, -0.05) is 54.6 Å². The van der Waals surface area contributed by atoms with Crippen LogP contribution in [0.5, 0.6) is 5.75 Å². The number of ether oxygens (including phenoxy) is 1. The van der Waals surface area contributed by atoms with Crippen LogP contribution < -0.4 is 20.5 Å². The number of hydrogen-bond acceptors (Lipinski definition) is 5. The number of fused-ring (bicyclic) bond motifs is 1. The van der Waals surface area contributed by atoms with Crippen LogP contribution in [0.1, 0.15) is 30.9 Å². The molecular formula is C30H32N4O3. The van der Waals surface area contributed by atoms with Crippen molar-refractivity contribution in [2.75, 3.05) is 24.6 Å². The smallest absolute Gasteiger partial charge is 0.294 e. The van der Waals surface area contributed by atoms with Crippen molar-refractivity contribution in [2.45, 2.75) is 32.9 Å². The predicted molar refractivity (Wildman–Crippen MR) is 146 cm³/mol. The third-order valence-corrected chi connectivity index (χ3v) is 6.81. The zero-order valence-electron chi connectivity index (χ0n) is 21.1. The molecule has 7 heteroatoms. The summed E-state index contributed by atoms with van der Waals surface area (Å²) in [5.41, 5.74) is 3.52. The molecule has 0 unspecified atom stereocenters. The average molecular weight is 497 g/mol. The molecule has 1 fully saturated rings. The number of nitrogens with one attached hydrogen (secondary N) is 1. The molecule has 2 heterocycles. The number of nitrogens with zero attached hydrogens (tertiary/aromatic N) is 3. The maximum atomic E-state index is 13.7. The minimum absolute atomic E-state index is 0.00369. The summed E-state index contributed by atoms with van der Waals surface area (Å²) < 4.78 is 7.28. The molecule has 0 saturated carbocycles. The number of carbonyl (C=O) groups excluding carboxylic acids is 1. The second-order valence-corrected chi connectivity index (χ2v) is 9.38. The number of carbonyl (C=O) groups is 1. The second-order valence-electron chi connectivity index (χ2n) is 9.38. The van der Waals surface area contributed by atoms with E-state index in [2.05, 4.69) is 5.32 Å². The van der Waals surface area contributed by atoms with Crippen LogP contribution in [0.15, 0.2) is 83.7 Å². The van der Waals surface area contributed by atoms with Gasteiger partial charge in [-0.3, -0.25) is 14.2 Å². The summed E-state index contributed by atoms with van der Waals surface area (Å²) in [5, 5.41) is 3.07. The predicted octanol–water partition coefficient (Wildman–Crippen LogP) is 4.38. The van der Waals surface area contributed by atoms with Gasteiger partial charge in [0.2, 0.25) is 5.91 Å². The van der Waals surface area contributed by atoms with Gasteiger partial charge in [0.1, 0.15) is 5.75 Å². The lowest BCUT2D eigenvalue weighted by atomic mass is 9.97. The zero-order chi connectivity index (χ0) is 25.6. The molecule has 0 spiro atoms. The summed E-state index contributed by atoms with van der Waals surface area (Å²) in [5.74, 6) is 1.04. The molecule has 1 amide bonds. The quantitative estimate of drug-likeness (QED) is 0.392. The number of amides is 1. The molecule has 1 saturated heterocycles. The first-order valence-corrected chi connectivity index (χ1v) is 12.9. The Kier molecular flexibility index (Phi) is 7.49. The van der Waals surface area contributed by atoms with Crippen LogP contribution in [0.25, 0.3) is 11.0 Å². The molecule has 3 aromatic carbocycles. The van der Waals surface area contributed by atoms with Gasteiger partial charge in [0.25, 0.3) is 5.56 Å². The normalized spacial score (nSPS) is 15.5. The Labute approximate surface area is 216 Å². The fraction of sp³-hybridized carbons (Fsp3) is 0.300. The Morgan fingerprint density at radius 1 is 1.00 bits per heavy atom. The summed E-state index contributed by atoms with van der Waals surface area (Å²) in [6.45, 7) is 4.68. The van der Waals surface area contributed by atoms with E-state index in [-0.39, 0.29) is 17.4 Å². The van der Waals surface area contributed by atoms with Gasteiger partial charge in [-0.25, -0.2) is 4.98 Å². The van der Waals surface area contributed by atoms with Crippen molar-refractivity contribution in [3.8, 4) is 5.75 Å². The molecule has 7 nitrogen and oxygen atoms in total. The van der Waals surface area contributed by atoms with Gasteiger partial charge in [0.15, 0.2) is 5.82 Å². The minimum Gasteiger partial charge on any atom is -0.494 e. The summed E-state index contributed by atoms with van der Waals surface area (Å²) in [6, 6.07) is 25.5. The van der Waals surface area contributed by atoms with Crippen LogP contribution in [0.3, 0.4) is 0 Å². The standard InChI is InChI=1S/C30H32N4O3/c1-2-37-25-16-14-22(15-17-25)19-31-29(35)24-11-8-18-33(21-24)28-30(36)34(20-23-9-4-3-5-10-23)27-13-7-6-12-26(27)32-28/h3-7,9-10,12-17,24H,2,8,11,18-21H2,1H3,(H,31,35)/t24-/m0/s1. The Morgan fingerprint density at radius 3 is 2.54 bits per heavy atom. The SMILES string of the molecule is CCOc1ccc(CNC(=O)[C@H]2CCCN(c3nc4ccccc4n(Cc4ccccc4)c3=O)C2)cc1. The van der Waals surface area contributed by atoms with Crippen LogP contribution in [0.4, 0.5) is 5.82 Å². The zero-order valence-corrected chi connectivity index (χ0v) is 21.1. The van der Waals surface area contributed by atoms with E-state index in [9.17, 15) is 9.59 Å². The van der Waals surface area contributed by atoms with Crippen molar-refractivity contribution in [3.05, 3.63) is 100 Å². The van der Waals surface area contributed by atoms with Crippen LogP contribution >= 0.6 is 0 Å². The fourth-order valence-electron chi connectivity index (χ4n) is 4.90. The molecule has 1 atom stereocenters. The van der Waals surface area contributed by atoms with Crippen molar-refractivity contribution >= 4 is 22.8 Å². The van der Waals surface area contributed by atoms with Gasteiger partial charge in [0, 0.05) is 19.6 Å². The molecule has 1 aliphatic rings. The first-order chi connectivity index (χ1) is 18.1. The molecule has 0 radical (unpaired) electrons. The summed E-state index contributed by atoms with van der Waals surface area (Å²) >= 11 is 0. The van der Waals surface area contributed by atoms with E-state index in [0.29, 0.717) is 38.6 Å². The van der Waals surface area contributed by atoms with Crippen LogP contribution in [0.2, 0.25) is 0 Å². The van der Waals surface area contributed by atoms with Crippen molar-refractivity contribution < 1.29 is 9.53 Å². The Hall–Kier alpha value is -4.13. The number of aromatic nitrogens is 2. The number of para-hydroxylation sites is 2. The summed E-state index contributed by atoms with van der Waals surface area (Å²) in [6.07, 6.45) is 1.62. The topological polar surface area (TPSA) is 76.5 Å². The number of anilines is 1. The van der Waals surface area contributed by atoms with Crippen molar-refractivity contribution in [3.63, 3.8) is 0 Å². The first-order valence-electron chi connectivity index (χ1n) is 12.9. The van der Waals surface area contributed by atoms with Gasteiger partial charge < -0.3 is 15.0 Å². The lowest BCUT2D eigenvalue weighted by molar-refractivity contribution is -0.125. The highest BCUT2D eigenvalue weighted by molar-refractivity contribution is 5.80. The van der Waals surface area contributed by atoms with E-state index in [0.717, 1.165) is 40.8 Å². The first kappa shape index (κ1) is 24.6. The number of hydrogen-bond donors (Lipinski definition) is 1. The van der Waals surface area contributed by atoms with Gasteiger partial charge in [0.05, 0.1) is 30.1 Å².